The van der Waals surface area contributed by atoms with Crippen molar-refractivity contribution in [1.82, 2.24) is 10.6 Å². The molecule has 0 fully saturated rings. The van der Waals surface area contributed by atoms with Gasteiger partial charge in [0.05, 0.1) is 6.26 Å². The van der Waals surface area contributed by atoms with Crippen molar-refractivity contribution in [2.75, 3.05) is 0 Å². The first kappa shape index (κ1) is 21.1. The van der Waals surface area contributed by atoms with E-state index in [1.807, 2.05) is 44.2 Å². The number of amides is 2. The van der Waals surface area contributed by atoms with Crippen LogP contribution in [-0.2, 0) is 11.2 Å². The van der Waals surface area contributed by atoms with Gasteiger partial charge in [0.1, 0.15) is 11.5 Å². The number of nitrogens with one attached hydrogen (secondary N) is 2. The quantitative estimate of drug-likeness (QED) is 0.545. The number of carbonyl (C=O) groups excluding carboxylic acids is 2. The highest BCUT2D eigenvalue weighted by Gasteiger charge is 2.17. The Balaban J connectivity index is 1.67. The van der Waals surface area contributed by atoms with E-state index in [0.717, 1.165) is 18.4 Å². The third-order valence-electron chi connectivity index (χ3n) is 4.72. The second-order valence-corrected chi connectivity index (χ2v) is 7.29. The summed E-state index contributed by atoms with van der Waals surface area (Å²) in [5.41, 5.74) is 2.90. The zero-order valence-corrected chi connectivity index (χ0v) is 17.2. The first-order valence-corrected chi connectivity index (χ1v) is 9.99. The third-order valence-corrected chi connectivity index (χ3v) is 4.72. The Labute approximate surface area is 176 Å². The van der Waals surface area contributed by atoms with Gasteiger partial charge in [0.25, 0.3) is 11.8 Å². The Kier molecular flexibility index (Phi) is 7.22. The fourth-order valence-electron chi connectivity index (χ4n) is 2.98. The molecule has 1 atom stereocenters. The Morgan fingerprint density at radius 3 is 2.40 bits per heavy atom. The van der Waals surface area contributed by atoms with Gasteiger partial charge in [-0.05, 0) is 56.5 Å². The molecule has 2 aromatic carbocycles. The standard InChI is InChI=1S/C25H26N2O3/c1-18-10-14-21(15-11-18)24(28)27-23(17-22-9-6-16-30-22)25(29)26-19(2)12-13-20-7-4-3-5-8-20/h3-11,14-17,19H,12-13H2,1-2H3,(H,26,29)(H,27,28)/b23-17-/t19-/m1/s1. The molecule has 0 bridgehead atoms. The maximum Gasteiger partial charge on any atom is 0.268 e. The van der Waals surface area contributed by atoms with Crippen LogP contribution in [0.5, 0.6) is 0 Å². The van der Waals surface area contributed by atoms with Crippen LogP contribution >= 0.6 is 0 Å². The summed E-state index contributed by atoms with van der Waals surface area (Å²) in [6, 6.07) is 20.7. The number of carbonyl (C=O) groups is 2. The molecule has 3 rings (SSSR count). The zero-order chi connectivity index (χ0) is 21.3. The molecule has 0 unspecified atom stereocenters. The van der Waals surface area contributed by atoms with Crippen LogP contribution in [0.2, 0.25) is 0 Å². The van der Waals surface area contributed by atoms with Crippen molar-refractivity contribution in [1.29, 1.82) is 0 Å². The molecule has 0 aliphatic carbocycles. The lowest BCUT2D eigenvalue weighted by molar-refractivity contribution is -0.118. The lowest BCUT2D eigenvalue weighted by Crippen LogP contribution is -2.39. The van der Waals surface area contributed by atoms with Gasteiger partial charge in [-0.1, -0.05) is 48.0 Å². The van der Waals surface area contributed by atoms with Gasteiger partial charge >= 0.3 is 0 Å². The van der Waals surface area contributed by atoms with Crippen LogP contribution in [0.15, 0.2) is 83.1 Å². The minimum absolute atomic E-state index is 0.0611. The lowest BCUT2D eigenvalue weighted by Gasteiger charge is -2.16. The number of hydrogen-bond donors (Lipinski definition) is 2. The predicted molar refractivity (Wildman–Crippen MR) is 118 cm³/mol. The largest absolute Gasteiger partial charge is 0.465 e. The average Bonchev–Trinajstić information content (AvgIpc) is 3.26. The first-order valence-electron chi connectivity index (χ1n) is 9.99. The average molecular weight is 402 g/mol. The van der Waals surface area contributed by atoms with E-state index in [1.54, 1.807) is 24.3 Å². The molecule has 0 aliphatic rings. The molecule has 0 saturated heterocycles. The molecule has 2 amide bonds. The molecule has 0 radical (unpaired) electrons. The minimum atomic E-state index is -0.354. The monoisotopic (exact) mass is 402 g/mol. The maximum absolute atomic E-state index is 12.9. The predicted octanol–water partition coefficient (Wildman–Crippen LogP) is 4.50. The molecular formula is C25H26N2O3. The van der Waals surface area contributed by atoms with Crippen molar-refractivity contribution in [3.05, 3.63) is 101 Å². The van der Waals surface area contributed by atoms with Crippen LogP contribution < -0.4 is 10.6 Å². The maximum atomic E-state index is 12.9. The Morgan fingerprint density at radius 2 is 1.73 bits per heavy atom. The Morgan fingerprint density at radius 1 is 1.00 bits per heavy atom. The van der Waals surface area contributed by atoms with Crippen molar-refractivity contribution in [3.8, 4) is 0 Å². The summed E-state index contributed by atoms with van der Waals surface area (Å²) < 4.78 is 5.32. The summed E-state index contributed by atoms with van der Waals surface area (Å²) in [5.74, 6) is -0.214. The molecule has 0 aliphatic heterocycles. The van der Waals surface area contributed by atoms with Crippen molar-refractivity contribution in [2.45, 2.75) is 32.7 Å². The van der Waals surface area contributed by atoms with E-state index in [9.17, 15) is 9.59 Å². The molecule has 154 valence electrons. The van der Waals surface area contributed by atoms with Crippen LogP contribution in [0.1, 0.15) is 40.6 Å². The van der Waals surface area contributed by atoms with Gasteiger partial charge in [0, 0.05) is 17.7 Å². The molecular weight excluding hydrogens is 376 g/mol. The second-order valence-electron chi connectivity index (χ2n) is 7.29. The highest BCUT2D eigenvalue weighted by Crippen LogP contribution is 2.10. The van der Waals surface area contributed by atoms with Gasteiger partial charge in [0.15, 0.2) is 0 Å². The van der Waals surface area contributed by atoms with Crippen molar-refractivity contribution >= 4 is 17.9 Å². The van der Waals surface area contributed by atoms with E-state index in [1.165, 1.54) is 17.9 Å². The van der Waals surface area contributed by atoms with Crippen LogP contribution in [-0.4, -0.2) is 17.9 Å². The van der Waals surface area contributed by atoms with Crippen LogP contribution in [0.4, 0.5) is 0 Å². The molecule has 0 saturated carbocycles. The van der Waals surface area contributed by atoms with E-state index in [-0.39, 0.29) is 23.6 Å². The Bertz CT molecular complexity index is 991. The zero-order valence-electron chi connectivity index (χ0n) is 17.2. The molecule has 0 spiro atoms. The fourth-order valence-corrected chi connectivity index (χ4v) is 2.98. The molecule has 3 aromatic rings. The molecule has 5 heteroatoms. The van der Waals surface area contributed by atoms with Gasteiger partial charge in [-0.25, -0.2) is 0 Å². The van der Waals surface area contributed by atoms with E-state index < -0.39 is 0 Å². The summed E-state index contributed by atoms with van der Waals surface area (Å²) in [6.45, 7) is 3.90. The summed E-state index contributed by atoms with van der Waals surface area (Å²) in [4.78, 5) is 25.5. The fraction of sp³-hybridized carbons (Fsp3) is 0.200. The number of aryl methyl sites for hydroxylation is 2. The van der Waals surface area contributed by atoms with Crippen LogP contribution in [0.3, 0.4) is 0 Å². The molecule has 30 heavy (non-hydrogen) atoms. The molecule has 1 aromatic heterocycles. The molecule has 1 heterocycles. The number of furan rings is 1. The lowest BCUT2D eigenvalue weighted by atomic mass is 10.1. The summed E-state index contributed by atoms with van der Waals surface area (Å²) >= 11 is 0. The second kappa shape index (κ2) is 10.3. The van der Waals surface area contributed by atoms with Gasteiger partial charge in [-0.15, -0.1) is 0 Å². The summed E-state index contributed by atoms with van der Waals surface area (Å²) in [7, 11) is 0. The van der Waals surface area contributed by atoms with Crippen molar-refractivity contribution in [2.24, 2.45) is 0 Å². The van der Waals surface area contributed by atoms with Gasteiger partial charge in [-0.3, -0.25) is 9.59 Å². The number of hydrogen-bond acceptors (Lipinski definition) is 3. The SMILES string of the molecule is Cc1ccc(C(=O)N/C(=C\c2ccco2)C(=O)N[C@H](C)CCc2ccccc2)cc1. The van der Waals surface area contributed by atoms with Gasteiger partial charge in [-0.2, -0.15) is 0 Å². The number of rotatable bonds is 8. The molecule has 5 nitrogen and oxygen atoms in total. The first-order chi connectivity index (χ1) is 14.5. The molecule has 2 N–H and O–H groups in total. The number of benzene rings is 2. The third kappa shape index (κ3) is 6.21. The van der Waals surface area contributed by atoms with Crippen molar-refractivity contribution < 1.29 is 14.0 Å². The Hall–Kier alpha value is -3.60. The smallest absolute Gasteiger partial charge is 0.268 e. The van der Waals surface area contributed by atoms with E-state index in [2.05, 4.69) is 22.8 Å². The highest BCUT2D eigenvalue weighted by molar-refractivity contribution is 6.05. The van der Waals surface area contributed by atoms with E-state index in [4.69, 9.17) is 4.42 Å². The topological polar surface area (TPSA) is 71.3 Å². The minimum Gasteiger partial charge on any atom is -0.465 e. The summed E-state index contributed by atoms with van der Waals surface area (Å²) in [6.07, 6.45) is 4.70. The van der Waals surface area contributed by atoms with Crippen LogP contribution in [0, 0.1) is 6.92 Å². The summed E-state index contributed by atoms with van der Waals surface area (Å²) in [5, 5.41) is 5.69. The van der Waals surface area contributed by atoms with E-state index in [0.29, 0.717) is 11.3 Å². The van der Waals surface area contributed by atoms with E-state index >= 15 is 0 Å². The van der Waals surface area contributed by atoms with Gasteiger partial charge < -0.3 is 15.1 Å². The van der Waals surface area contributed by atoms with Gasteiger partial charge in [0.2, 0.25) is 0 Å². The normalized spacial score (nSPS) is 12.3. The highest BCUT2D eigenvalue weighted by atomic mass is 16.3. The van der Waals surface area contributed by atoms with Crippen molar-refractivity contribution in [3.63, 3.8) is 0 Å². The van der Waals surface area contributed by atoms with Crippen LogP contribution in [0.25, 0.3) is 6.08 Å².